The molecule has 1 aromatic heterocycles. The third-order valence-electron chi connectivity index (χ3n) is 3.28. The molecule has 1 aromatic rings. The normalized spacial score (nSPS) is 19.4. The summed E-state index contributed by atoms with van der Waals surface area (Å²) in [5.74, 6) is 1.51. The molecule has 0 aromatic carbocycles. The molecule has 0 aliphatic carbocycles. The molecule has 1 atom stereocenters. The highest BCUT2D eigenvalue weighted by Gasteiger charge is 2.27. The number of carbonyl (C=O) groups excluding carboxylic acids is 1. The van der Waals surface area contributed by atoms with E-state index in [9.17, 15) is 4.79 Å². The number of carbonyl (C=O) groups is 1. The van der Waals surface area contributed by atoms with Crippen molar-refractivity contribution < 1.29 is 9.53 Å². The van der Waals surface area contributed by atoms with E-state index in [4.69, 9.17) is 4.74 Å². The van der Waals surface area contributed by atoms with Crippen molar-refractivity contribution in [3.8, 4) is 0 Å². The van der Waals surface area contributed by atoms with Gasteiger partial charge in [0.1, 0.15) is 5.60 Å². The number of hydrogen-bond donors (Lipinski definition) is 0. The number of aromatic nitrogens is 1. The molecular formula is C16H24N2O2S. The van der Waals surface area contributed by atoms with E-state index in [1.807, 2.05) is 50.1 Å². The molecule has 0 N–H and O–H groups in total. The number of ether oxygens (including phenoxy) is 1. The molecule has 4 nitrogen and oxygen atoms in total. The SMILES string of the molecule is CC(C)(C)OC(=O)N1CCCC(CSc2ccccn2)C1. The Balaban J connectivity index is 1.82. The predicted molar refractivity (Wildman–Crippen MR) is 85.5 cm³/mol. The molecule has 0 radical (unpaired) electrons. The molecular weight excluding hydrogens is 284 g/mol. The van der Waals surface area contributed by atoms with Gasteiger partial charge in [-0.1, -0.05) is 6.07 Å². The summed E-state index contributed by atoms with van der Waals surface area (Å²) in [4.78, 5) is 18.3. The second-order valence-corrected chi connectivity index (χ2v) is 7.45. The van der Waals surface area contributed by atoms with Crippen LogP contribution in [0.25, 0.3) is 0 Å². The average molecular weight is 308 g/mol. The van der Waals surface area contributed by atoms with Crippen LogP contribution in [0, 0.1) is 5.92 Å². The Morgan fingerprint density at radius 3 is 2.95 bits per heavy atom. The van der Waals surface area contributed by atoms with Crippen LogP contribution in [0.3, 0.4) is 0 Å². The first-order chi connectivity index (χ1) is 9.94. The van der Waals surface area contributed by atoms with Crippen molar-refractivity contribution in [2.45, 2.75) is 44.2 Å². The number of amides is 1. The van der Waals surface area contributed by atoms with Gasteiger partial charge in [0.15, 0.2) is 0 Å². The largest absolute Gasteiger partial charge is 0.444 e. The summed E-state index contributed by atoms with van der Waals surface area (Å²) in [5.41, 5.74) is -0.424. The van der Waals surface area contributed by atoms with Crippen LogP contribution < -0.4 is 0 Å². The first kappa shape index (κ1) is 16.1. The van der Waals surface area contributed by atoms with E-state index in [1.54, 1.807) is 11.8 Å². The van der Waals surface area contributed by atoms with Crippen LogP contribution in [0.15, 0.2) is 29.4 Å². The highest BCUT2D eigenvalue weighted by molar-refractivity contribution is 7.99. The minimum absolute atomic E-state index is 0.185. The van der Waals surface area contributed by atoms with E-state index < -0.39 is 5.60 Å². The van der Waals surface area contributed by atoms with Gasteiger partial charge in [-0.25, -0.2) is 9.78 Å². The first-order valence-electron chi connectivity index (χ1n) is 7.46. The predicted octanol–water partition coefficient (Wildman–Crippen LogP) is 3.82. The van der Waals surface area contributed by atoms with Crippen LogP contribution in [0.4, 0.5) is 4.79 Å². The zero-order valence-electron chi connectivity index (χ0n) is 13.0. The lowest BCUT2D eigenvalue weighted by Gasteiger charge is -2.34. The van der Waals surface area contributed by atoms with Crippen LogP contribution in [0.1, 0.15) is 33.6 Å². The van der Waals surface area contributed by atoms with Gasteiger partial charge in [-0.05, 0) is 51.7 Å². The van der Waals surface area contributed by atoms with E-state index in [1.165, 1.54) is 6.42 Å². The van der Waals surface area contributed by atoms with Crippen LogP contribution in [0.2, 0.25) is 0 Å². The van der Waals surface area contributed by atoms with Gasteiger partial charge in [-0.15, -0.1) is 11.8 Å². The molecule has 1 unspecified atom stereocenters. The third-order valence-corrected chi connectivity index (χ3v) is 4.45. The Bertz CT molecular complexity index is 459. The minimum Gasteiger partial charge on any atom is -0.444 e. The molecule has 0 spiro atoms. The van der Waals surface area contributed by atoms with Gasteiger partial charge in [0.25, 0.3) is 0 Å². The molecule has 1 aliphatic heterocycles. The van der Waals surface area contributed by atoms with Crippen LogP contribution in [0.5, 0.6) is 0 Å². The zero-order valence-corrected chi connectivity index (χ0v) is 13.9. The molecule has 0 bridgehead atoms. The van der Waals surface area contributed by atoms with Gasteiger partial charge < -0.3 is 9.64 Å². The lowest BCUT2D eigenvalue weighted by molar-refractivity contribution is 0.0177. The number of hydrogen-bond acceptors (Lipinski definition) is 4. The highest BCUT2D eigenvalue weighted by atomic mass is 32.2. The van der Waals surface area contributed by atoms with E-state index >= 15 is 0 Å². The van der Waals surface area contributed by atoms with E-state index in [-0.39, 0.29) is 6.09 Å². The highest BCUT2D eigenvalue weighted by Crippen LogP contribution is 2.25. The van der Waals surface area contributed by atoms with Crippen molar-refractivity contribution in [3.05, 3.63) is 24.4 Å². The molecule has 1 saturated heterocycles. The Kier molecular flexibility index (Phi) is 5.51. The average Bonchev–Trinajstić information content (AvgIpc) is 2.45. The number of likely N-dealkylation sites (tertiary alicyclic amines) is 1. The minimum atomic E-state index is -0.424. The van der Waals surface area contributed by atoms with Crippen molar-refractivity contribution in [1.29, 1.82) is 0 Å². The Morgan fingerprint density at radius 2 is 2.29 bits per heavy atom. The van der Waals surface area contributed by atoms with Crippen molar-refractivity contribution in [2.24, 2.45) is 5.92 Å². The third kappa shape index (κ3) is 5.58. The fraction of sp³-hybridized carbons (Fsp3) is 0.625. The van der Waals surface area contributed by atoms with E-state index in [2.05, 4.69) is 4.98 Å². The van der Waals surface area contributed by atoms with Gasteiger partial charge in [0.2, 0.25) is 0 Å². The summed E-state index contributed by atoms with van der Waals surface area (Å²) in [6.07, 6.45) is 3.84. The van der Waals surface area contributed by atoms with Crippen molar-refractivity contribution in [1.82, 2.24) is 9.88 Å². The van der Waals surface area contributed by atoms with Crippen molar-refractivity contribution in [2.75, 3.05) is 18.8 Å². The number of nitrogens with zero attached hydrogens (tertiary/aromatic N) is 2. The Morgan fingerprint density at radius 1 is 1.48 bits per heavy atom. The van der Waals surface area contributed by atoms with Crippen molar-refractivity contribution in [3.63, 3.8) is 0 Å². The second kappa shape index (κ2) is 7.16. The summed E-state index contributed by atoms with van der Waals surface area (Å²) in [7, 11) is 0. The number of rotatable bonds is 3. The summed E-state index contributed by atoms with van der Waals surface area (Å²) in [6, 6.07) is 5.96. The first-order valence-corrected chi connectivity index (χ1v) is 8.44. The Hall–Kier alpha value is -1.23. The van der Waals surface area contributed by atoms with Gasteiger partial charge in [0.05, 0.1) is 5.03 Å². The molecule has 1 fully saturated rings. The van der Waals surface area contributed by atoms with Gasteiger partial charge in [0, 0.05) is 25.0 Å². The summed E-state index contributed by atoms with van der Waals surface area (Å²) < 4.78 is 5.46. The number of piperidine rings is 1. The maximum atomic E-state index is 12.1. The zero-order chi connectivity index (χ0) is 15.3. The second-order valence-electron chi connectivity index (χ2n) is 6.41. The number of thioether (sulfide) groups is 1. The monoisotopic (exact) mass is 308 g/mol. The van der Waals surface area contributed by atoms with Gasteiger partial charge in [-0.2, -0.15) is 0 Å². The van der Waals surface area contributed by atoms with Crippen LogP contribution in [-0.2, 0) is 4.74 Å². The molecule has 1 aliphatic rings. The molecule has 116 valence electrons. The number of pyridine rings is 1. The lowest BCUT2D eigenvalue weighted by Crippen LogP contribution is -2.43. The van der Waals surface area contributed by atoms with Crippen LogP contribution >= 0.6 is 11.8 Å². The van der Waals surface area contributed by atoms with Gasteiger partial charge >= 0.3 is 6.09 Å². The molecule has 0 saturated carbocycles. The summed E-state index contributed by atoms with van der Waals surface area (Å²) in [5, 5.41) is 1.05. The summed E-state index contributed by atoms with van der Waals surface area (Å²) >= 11 is 1.76. The smallest absolute Gasteiger partial charge is 0.410 e. The quantitative estimate of drug-likeness (QED) is 0.796. The maximum absolute atomic E-state index is 12.1. The molecule has 2 heterocycles. The fourth-order valence-electron chi connectivity index (χ4n) is 2.33. The standard InChI is InChI=1S/C16H24N2O2S/c1-16(2,3)20-15(19)18-10-6-7-13(11-18)12-21-14-8-4-5-9-17-14/h4-5,8-9,13H,6-7,10-12H2,1-3H3. The molecule has 2 rings (SSSR count). The summed E-state index contributed by atoms with van der Waals surface area (Å²) in [6.45, 7) is 7.31. The molecule has 21 heavy (non-hydrogen) atoms. The van der Waals surface area contributed by atoms with Crippen molar-refractivity contribution >= 4 is 17.9 Å². The lowest BCUT2D eigenvalue weighted by atomic mass is 10.0. The maximum Gasteiger partial charge on any atom is 0.410 e. The topological polar surface area (TPSA) is 42.4 Å². The molecule has 5 heteroatoms. The Labute approximate surface area is 131 Å². The molecule has 1 amide bonds. The van der Waals surface area contributed by atoms with E-state index in [0.29, 0.717) is 5.92 Å². The van der Waals surface area contributed by atoms with E-state index in [0.717, 1.165) is 30.3 Å². The fourth-order valence-corrected chi connectivity index (χ4v) is 3.32. The van der Waals surface area contributed by atoms with Gasteiger partial charge in [-0.3, -0.25) is 0 Å². The van der Waals surface area contributed by atoms with Crippen LogP contribution in [-0.4, -0.2) is 40.4 Å².